The van der Waals surface area contributed by atoms with Gasteiger partial charge in [0.05, 0.1) is 11.2 Å². The van der Waals surface area contributed by atoms with Crippen molar-refractivity contribution in [3.05, 3.63) is 30.2 Å². The normalized spacial score (nSPS) is 12.5. The number of nitrogens with zero attached hydrogens (tertiary/aromatic N) is 1. The van der Waals surface area contributed by atoms with Gasteiger partial charge in [-0.25, -0.2) is 4.39 Å². The molecule has 4 nitrogen and oxygen atoms in total. The van der Waals surface area contributed by atoms with Gasteiger partial charge in [0.2, 0.25) is 0 Å². The maximum atomic E-state index is 14.2. The van der Waals surface area contributed by atoms with Gasteiger partial charge in [-0.3, -0.25) is 4.98 Å². The molecule has 21 heavy (non-hydrogen) atoms. The molecule has 0 aliphatic carbocycles. The van der Waals surface area contributed by atoms with Crippen molar-refractivity contribution in [1.29, 1.82) is 0 Å². The standard InChI is InChI=1S/C16H22FN3O/c1-2-4-11(6-8-21)10-20-16-13(17)9-14(18)12-5-3-7-19-15(12)16/h3,5,7,9,11,20-21H,2,4,6,8,10,18H2,1H3. The van der Waals surface area contributed by atoms with Gasteiger partial charge in [0.1, 0.15) is 0 Å². The zero-order valence-electron chi connectivity index (χ0n) is 12.3. The molecule has 0 radical (unpaired) electrons. The lowest BCUT2D eigenvalue weighted by Gasteiger charge is -2.18. The van der Waals surface area contributed by atoms with Crippen molar-refractivity contribution in [3.8, 4) is 0 Å². The number of hydrogen-bond donors (Lipinski definition) is 3. The number of halogens is 1. The molecule has 114 valence electrons. The number of nitrogens with one attached hydrogen (secondary N) is 1. The van der Waals surface area contributed by atoms with E-state index in [0.717, 1.165) is 18.2 Å². The van der Waals surface area contributed by atoms with Gasteiger partial charge in [0, 0.05) is 30.4 Å². The molecule has 0 fully saturated rings. The number of aliphatic hydroxyl groups is 1. The molecule has 0 aliphatic rings. The number of hydrogen-bond acceptors (Lipinski definition) is 4. The topological polar surface area (TPSA) is 71.2 Å². The monoisotopic (exact) mass is 291 g/mol. The smallest absolute Gasteiger partial charge is 0.150 e. The Morgan fingerprint density at radius 1 is 1.43 bits per heavy atom. The summed E-state index contributed by atoms with van der Waals surface area (Å²) >= 11 is 0. The molecule has 1 atom stereocenters. The first kappa shape index (κ1) is 15.5. The highest BCUT2D eigenvalue weighted by Gasteiger charge is 2.14. The molecule has 1 unspecified atom stereocenters. The molecule has 4 N–H and O–H groups in total. The van der Waals surface area contributed by atoms with Crippen molar-refractivity contribution in [3.63, 3.8) is 0 Å². The van der Waals surface area contributed by atoms with E-state index in [0.29, 0.717) is 35.8 Å². The second kappa shape index (κ2) is 7.22. The van der Waals surface area contributed by atoms with Crippen LogP contribution in [0.2, 0.25) is 0 Å². The van der Waals surface area contributed by atoms with Crippen molar-refractivity contribution < 1.29 is 9.50 Å². The first-order valence-electron chi connectivity index (χ1n) is 7.34. The Morgan fingerprint density at radius 2 is 2.24 bits per heavy atom. The third kappa shape index (κ3) is 3.61. The zero-order valence-corrected chi connectivity index (χ0v) is 12.3. The molecule has 5 heteroatoms. The number of nitrogens with two attached hydrogens (primary N) is 1. The Bertz CT molecular complexity index is 597. The summed E-state index contributed by atoms with van der Waals surface area (Å²) in [5.74, 6) is -0.0753. The summed E-state index contributed by atoms with van der Waals surface area (Å²) in [7, 11) is 0. The number of fused-ring (bicyclic) bond motifs is 1. The zero-order chi connectivity index (χ0) is 15.2. The number of benzene rings is 1. The van der Waals surface area contributed by atoms with Gasteiger partial charge in [-0.05, 0) is 37.0 Å². The Labute approximate surface area is 124 Å². The first-order chi connectivity index (χ1) is 10.2. The largest absolute Gasteiger partial charge is 0.398 e. The van der Waals surface area contributed by atoms with Gasteiger partial charge >= 0.3 is 0 Å². The molecule has 0 amide bonds. The fourth-order valence-electron chi connectivity index (χ4n) is 2.59. The minimum Gasteiger partial charge on any atom is -0.398 e. The van der Waals surface area contributed by atoms with E-state index in [1.54, 1.807) is 12.3 Å². The first-order valence-corrected chi connectivity index (χ1v) is 7.34. The molecule has 1 aromatic heterocycles. The van der Waals surface area contributed by atoms with Crippen LogP contribution in [0.3, 0.4) is 0 Å². The number of pyridine rings is 1. The predicted molar refractivity (Wildman–Crippen MR) is 84.7 cm³/mol. The second-order valence-corrected chi connectivity index (χ2v) is 5.27. The molecular formula is C16H22FN3O. The Balaban J connectivity index is 2.25. The number of rotatable bonds is 7. The van der Waals surface area contributed by atoms with Crippen LogP contribution in [0.15, 0.2) is 24.4 Å². The molecule has 0 aliphatic heterocycles. The van der Waals surface area contributed by atoms with Crippen molar-refractivity contribution in [2.24, 2.45) is 5.92 Å². The molecule has 1 aromatic carbocycles. The summed E-state index contributed by atoms with van der Waals surface area (Å²) < 4.78 is 14.2. The Morgan fingerprint density at radius 3 is 2.95 bits per heavy atom. The maximum absolute atomic E-state index is 14.2. The molecule has 0 saturated heterocycles. The van der Waals surface area contributed by atoms with Gasteiger partial charge in [0.15, 0.2) is 5.82 Å². The number of anilines is 2. The van der Waals surface area contributed by atoms with Crippen LogP contribution in [0.25, 0.3) is 10.9 Å². The van der Waals surface area contributed by atoms with Crippen molar-refractivity contribution in [1.82, 2.24) is 4.98 Å². The highest BCUT2D eigenvalue weighted by atomic mass is 19.1. The van der Waals surface area contributed by atoms with Crippen molar-refractivity contribution >= 4 is 22.3 Å². The summed E-state index contributed by atoms with van der Waals surface area (Å²) in [4.78, 5) is 4.24. The molecule has 2 aromatic rings. The third-order valence-electron chi connectivity index (χ3n) is 3.68. The number of aromatic nitrogens is 1. The fourth-order valence-corrected chi connectivity index (χ4v) is 2.59. The van der Waals surface area contributed by atoms with Crippen LogP contribution in [0, 0.1) is 11.7 Å². The van der Waals surface area contributed by atoms with Gasteiger partial charge < -0.3 is 16.2 Å². The lowest BCUT2D eigenvalue weighted by Crippen LogP contribution is -2.17. The van der Waals surface area contributed by atoms with Crippen LogP contribution < -0.4 is 11.1 Å². The summed E-state index contributed by atoms with van der Waals surface area (Å²) in [6, 6.07) is 4.94. The summed E-state index contributed by atoms with van der Waals surface area (Å²) in [6.07, 6.45) is 4.37. The van der Waals surface area contributed by atoms with Crippen LogP contribution in [-0.2, 0) is 0 Å². The SMILES string of the molecule is CCCC(CCO)CNc1c(F)cc(N)c2cccnc12. The average Bonchev–Trinajstić information content (AvgIpc) is 2.47. The van der Waals surface area contributed by atoms with Gasteiger partial charge in [0.25, 0.3) is 0 Å². The van der Waals surface area contributed by atoms with Gasteiger partial charge in [-0.2, -0.15) is 0 Å². The summed E-state index contributed by atoms with van der Waals surface area (Å²) in [6.45, 7) is 2.86. The molecule has 0 spiro atoms. The Hall–Kier alpha value is -1.88. The minimum absolute atomic E-state index is 0.148. The van der Waals surface area contributed by atoms with E-state index in [2.05, 4.69) is 17.2 Å². The van der Waals surface area contributed by atoms with E-state index in [4.69, 9.17) is 10.8 Å². The van der Waals surface area contributed by atoms with E-state index in [1.807, 2.05) is 6.07 Å². The highest BCUT2D eigenvalue weighted by Crippen LogP contribution is 2.30. The molecular weight excluding hydrogens is 269 g/mol. The maximum Gasteiger partial charge on any atom is 0.150 e. The summed E-state index contributed by atoms with van der Waals surface area (Å²) in [5.41, 5.74) is 7.16. The van der Waals surface area contributed by atoms with E-state index in [-0.39, 0.29) is 6.61 Å². The van der Waals surface area contributed by atoms with Crippen LogP contribution in [0.4, 0.5) is 15.8 Å². The Kier molecular flexibility index (Phi) is 5.33. The lowest BCUT2D eigenvalue weighted by molar-refractivity contribution is 0.255. The lowest BCUT2D eigenvalue weighted by atomic mass is 10.00. The van der Waals surface area contributed by atoms with Crippen LogP contribution in [0.5, 0.6) is 0 Å². The van der Waals surface area contributed by atoms with Crippen molar-refractivity contribution in [2.45, 2.75) is 26.2 Å². The van der Waals surface area contributed by atoms with Crippen LogP contribution in [0.1, 0.15) is 26.2 Å². The molecule has 2 rings (SSSR count). The minimum atomic E-state index is -0.391. The third-order valence-corrected chi connectivity index (χ3v) is 3.68. The average molecular weight is 291 g/mol. The molecule has 0 saturated carbocycles. The molecule has 0 bridgehead atoms. The predicted octanol–water partition coefficient (Wildman–Crippen LogP) is 3.17. The van der Waals surface area contributed by atoms with Gasteiger partial charge in [-0.15, -0.1) is 0 Å². The van der Waals surface area contributed by atoms with Crippen LogP contribution >= 0.6 is 0 Å². The van der Waals surface area contributed by atoms with E-state index < -0.39 is 5.82 Å². The highest BCUT2D eigenvalue weighted by molar-refractivity contribution is 5.98. The van der Waals surface area contributed by atoms with E-state index in [1.165, 1.54) is 6.07 Å². The van der Waals surface area contributed by atoms with Crippen molar-refractivity contribution in [2.75, 3.05) is 24.2 Å². The summed E-state index contributed by atoms with van der Waals surface area (Å²) in [5, 5.41) is 13.0. The number of nitrogen functional groups attached to an aromatic ring is 1. The fraction of sp³-hybridized carbons (Fsp3) is 0.438. The van der Waals surface area contributed by atoms with E-state index >= 15 is 0 Å². The van der Waals surface area contributed by atoms with E-state index in [9.17, 15) is 4.39 Å². The quantitative estimate of drug-likeness (QED) is 0.685. The van der Waals surface area contributed by atoms with Crippen LogP contribution in [-0.4, -0.2) is 23.2 Å². The van der Waals surface area contributed by atoms with Gasteiger partial charge in [-0.1, -0.05) is 13.3 Å². The molecule has 1 heterocycles. The second-order valence-electron chi connectivity index (χ2n) is 5.27. The number of aliphatic hydroxyl groups excluding tert-OH is 1.